The third-order valence-corrected chi connectivity index (χ3v) is 9.25. The van der Waals surface area contributed by atoms with Crippen LogP contribution in [-0.2, 0) is 28.0 Å². The zero-order valence-corrected chi connectivity index (χ0v) is 27.9. The number of nitrogens with zero attached hydrogens (tertiary/aromatic N) is 3. The molecule has 52 heavy (non-hydrogen) atoms. The fourth-order valence-corrected chi connectivity index (χ4v) is 6.55. The van der Waals surface area contributed by atoms with Crippen LogP contribution in [0.2, 0.25) is 0 Å². The predicted octanol–water partition coefficient (Wildman–Crippen LogP) is 8.42. The number of rotatable bonds is 12. The van der Waals surface area contributed by atoms with Crippen molar-refractivity contribution in [2.75, 3.05) is 44.6 Å². The number of aliphatic hydroxyl groups is 1. The minimum Gasteiger partial charge on any atom is -0.384 e. The van der Waals surface area contributed by atoms with Gasteiger partial charge >= 0.3 is 6.18 Å². The van der Waals surface area contributed by atoms with E-state index < -0.39 is 100 Å². The number of ether oxygens (including phenoxy) is 1. The molecule has 4 aromatic carbocycles. The van der Waals surface area contributed by atoms with Crippen LogP contribution in [0.5, 0.6) is 0 Å². The maximum absolute atomic E-state index is 15.1. The summed E-state index contributed by atoms with van der Waals surface area (Å²) in [7, 11) is -3.48. The number of aliphatic hydroxyl groups excluding tert-OH is 1. The van der Waals surface area contributed by atoms with E-state index in [4.69, 9.17) is 12.3 Å². The lowest BCUT2D eigenvalue weighted by atomic mass is 9.99. The summed E-state index contributed by atoms with van der Waals surface area (Å²) in [5.74, 6) is -3.94. The molecule has 1 N–H and O–H groups in total. The number of fused-ring (bicyclic) bond motifs is 1. The van der Waals surface area contributed by atoms with E-state index in [9.17, 15) is 33.9 Å². The number of amides is 1. The Balaban J connectivity index is 1.47. The number of benzene rings is 4. The van der Waals surface area contributed by atoms with Gasteiger partial charge in [0, 0.05) is 72.7 Å². The molecule has 1 unspecified atom stereocenters. The number of para-hydroxylation sites is 1. The molecule has 1 amide bonds. The van der Waals surface area contributed by atoms with Crippen molar-refractivity contribution in [1.82, 2.24) is 9.80 Å². The Morgan fingerprint density at radius 1 is 1.02 bits per heavy atom. The number of piperidine rings is 1. The Hall–Kier alpha value is -4.23. The zero-order chi connectivity index (χ0) is 49.2. The van der Waals surface area contributed by atoms with E-state index in [1.54, 1.807) is 6.07 Å². The number of thioether (sulfide) groups is 1. The smallest absolute Gasteiger partial charge is 0.384 e. The van der Waals surface area contributed by atoms with Crippen molar-refractivity contribution >= 4 is 23.4 Å². The Kier molecular flexibility index (Phi) is 7.49. The minimum absolute atomic E-state index is 0.00406. The summed E-state index contributed by atoms with van der Waals surface area (Å²) in [5, 5.41) is 11.2. The molecule has 1 saturated heterocycles. The molecular formula is C40H40F5N3O3S. The second-order valence-corrected chi connectivity index (χ2v) is 12.5. The van der Waals surface area contributed by atoms with E-state index in [-0.39, 0.29) is 43.0 Å². The zero-order valence-electron chi connectivity index (χ0n) is 41.0. The van der Waals surface area contributed by atoms with Crippen LogP contribution in [0.25, 0.3) is 11.1 Å². The highest BCUT2D eigenvalue weighted by molar-refractivity contribution is 8.02. The van der Waals surface area contributed by atoms with Crippen LogP contribution in [0.15, 0.2) is 102 Å². The number of hydrogen-bond donors (Lipinski definition) is 1. The van der Waals surface area contributed by atoms with Gasteiger partial charge in [-0.25, -0.2) is 8.78 Å². The molecule has 1 atom stereocenters. The van der Waals surface area contributed by atoms with Gasteiger partial charge in [0.1, 0.15) is 12.6 Å². The Morgan fingerprint density at radius 3 is 2.40 bits per heavy atom. The second kappa shape index (κ2) is 16.6. The SMILES string of the molecule is [2H]C([2H])([2H])OC([2H])([2H])CN1C([2H])([2H])C([2H])([2H])C([2H])(N(Cc2ccc(-c3ccc(C(F)(F)F)cc3)cc2)C(=O)CN2C(SCc3cccc(F)c3F)=CC(O)c3ccccc32)C([2H])([2H])C1([2H])[2H]. The summed E-state index contributed by atoms with van der Waals surface area (Å²) in [6.07, 6.45) is -12.8. The molecule has 0 radical (unpaired) electrons. The van der Waals surface area contributed by atoms with E-state index in [1.165, 1.54) is 77.7 Å². The first kappa shape index (κ1) is 23.4. The molecular weight excluding hydrogens is 698 g/mol. The molecule has 0 bridgehead atoms. The third-order valence-electron chi connectivity index (χ3n) is 8.14. The van der Waals surface area contributed by atoms with Crippen molar-refractivity contribution in [2.45, 2.75) is 43.3 Å². The Labute approximate surface area is 324 Å². The maximum Gasteiger partial charge on any atom is 0.416 e. The second-order valence-electron chi connectivity index (χ2n) is 11.5. The molecule has 274 valence electrons. The van der Waals surface area contributed by atoms with Gasteiger partial charge in [-0.1, -0.05) is 66.7 Å². The van der Waals surface area contributed by atoms with Gasteiger partial charge in [0.15, 0.2) is 11.6 Å². The van der Waals surface area contributed by atoms with Gasteiger partial charge in [-0.2, -0.15) is 13.2 Å². The Bertz CT molecular complexity index is 2450. The lowest BCUT2D eigenvalue weighted by Crippen LogP contribution is -2.50. The van der Waals surface area contributed by atoms with Crippen molar-refractivity contribution in [1.29, 1.82) is 0 Å². The minimum atomic E-state index is -4.62. The molecule has 2 heterocycles. The van der Waals surface area contributed by atoms with Gasteiger partial charge < -0.3 is 24.5 Å². The van der Waals surface area contributed by atoms with Crippen molar-refractivity contribution in [3.63, 3.8) is 0 Å². The molecule has 2 aliphatic heterocycles. The molecule has 12 heteroatoms. The van der Waals surface area contributed by atoms with Crippen molar-refractivity contribution < 1.29 is 55.8 Å². The normalized spacial score (nSPS) is 25.8. The highest BCUT2D eigenvalue weighted by Gasteiger charge is 2.33. The van der Waals surface area contributed by atoms with Crippen LogP contribution in [0.3, 0.4) is 0 Å². The standard InChI is InChI=1S/C40H40F5N3O3S/c1-51-22-21-46-19-17-32(18-20-46)47(24-27-9-11-28(12-10-27)29-13-15-31(16-14-29)40(43,44)45)37(50)25-48-35-8-3-2-6-33(35)36(49)23-38(48)52-26-30-5-4-7-34(41)39(30)42/h2-16,23,32,36,49H,17-22,24-26H2,1H3/i1D3,17D2,18D2,19D2,20D2,22D2,32D. The molecule has 0 aromatic heterocycles. The number of hydrogen-bond acceptors (Lipinski definition) is 6. The first-order chi connectivity index (χ1) is 30.3. The largest absolute Gasteiger partial charge is 0.416 e. The van der Waals surface area contributed by atoms with Crippen LogP contribution >= 0.6 is 11.8 Å². The number of alkyl halides is 3. The van der Waals surface area contributed by atoms with Crippen molar-refractivity contribution in [2.24, 2.45) is 0 Å². The van der Waals surface area contributed by atoms with Crippen LogP contribution in [-0.4, -0.2) is 66.5 Å². The molecule has 6 rings (SSSR count). The lowest BCUT2D eigenvalue weighted by Gasteiger charge is -2.40. The third kappa shape index (κ3) is 8.86. The van der Waals surface area contributed by atoms with E-state index >= 15 is 4.79 Å². The van der Waals surface area contributed by atoms with Gasteiger partial charge in [0.05, 0.1) is 25.4 Å². The molecule has 0 spiro atoms. The molecule has 0 aliphatic carbocycles. The maximum atomic E-state index is 15.1. The predicted molar refractivity (Wildman–Crippen MR) is 193 cm³/mol. The number of likely N-dealkylation sites (tertiary alicyclic amines) is 1. The summed E-state index contributed by atoms with van der Waals surface area (Å²) >= 11 is 0.829. The van der Waals surface area contributed by atoms with Crippen molar-refractivity contribution in [3.05, 3.63) is 136 Å². The average Bonchev–Trinajstić information content (AvgIpc) is 3.21. The van der Waals surface area contributed by atoms with Gasteiger partial charge in [-0.3, -0.25) is 4.79 Å². The van der Waals surface area contributed by atoms with Gasteiger partial charge in [-0.05, 0) is 59.8 Å². The molecule has 6 nitrogen and oxygen atoms in total. The molecule has 2 aliphatic rings. The molecule has 4 aromatic rings. The van der Waals surface area contributed by atoms with Gasteiger partial charge in [0.25, 0.3) is 0 Å². The van der Waals surface area contributed by atoms with Crippen LogP contribution in [0.1, 0.15) is 60.3 Å². The molecule has 0 saturated carbocycles. The fourth-order valence-electron chi connectivity index (χ4n) is 5.48. The van der Waals surface area contributed by atoms with Crippen LogP contribution in [0.4, 0.5) is 27.6 Å². The monoisotopic (exact) mass is 751 g/mol. The number of carbonyl (C=O) groups is 1. The number of anilines is 1. The van der Waals surface area contributed by atoms with E-state index in [0.29, 0.717) is 11.1 Å². The quantitative estimate of drug-likeness (QED) is 0.147. The number of halogens is 5. The van der Waals surface area contributed by atoms with E-state index in [2.05, 4.69) is 4.74 Å². The fraction of sp³-hybridized carbons (Fsp3) is 0.325. The van der Waals surface area contributed by atoms with Crippen molar-refractivity contribution in [3.8, 4) is 11.1 Å². The first-order valence-corrected chi connectivity index (χ1v) is 16.6. The topological polar surface area (TPSA) is 56.2 Å². The van der Waals surface area contributed by atoms with Gasteiger partial charge in [0.2, 0.25) is 5.91 Å². The highest BCUT2D eigenvalue weighted by Crippen LogP contribution is 2.41. The molecule has 1 fully saturated rings. The van der Waals surface area contributed by atoms with Gasteiger partial charge in [-0.15, -0.1) is 11.8 Å². The average molecular weight is 752 g/mol. The van der Waals surface area contributed by atoms with E-state index in [0.717, 1.165) is 30.0 Å². The van der Waals surface area contributed by atoms with Crippen LogP contribution in [0, 0.1) is 11.6 Å². The summed E-state index contributed by atoms with van der Waals surface area (Å²) in [5.41, 5.74) is -0.0111. The van der Waals surface area contributed by atoms with Crippen LogP contribution < -0.4 is 4.90 Å². The van der Waals surface area contributed by atoms with E-state index in [1.807, 2.05) is 0 Å². The number of carbonyl (C=O) groups excluding carboxylic acids is 1. The summed E-state index contributed by atoms with van der Waals surface area (Å²) in [6, 6.07) is 15.0. The lowest BCUT2D eigenvalue weighted by molar-refractivity contribution is -0.137. The summed E-state index contributed by atoms with van der Waals surface area (Å²) in [4.78, 5) is 16.4. The first-order valence-electron chi connectivity index (χ1n) is 22.6. The highest BCUT2D eigenvalue weighted by atomic mass is 32.2. The summed E-state index contributed by atoms with van der Waals surface area (Å²) in [6.45, 7) is -15.0. The number of methoxy groups -OCH3 is 1. The Morgan fingerprint density at radius 2 is 1.71 bits per heavy atom. The summed E-state index contributed by atoms with van der Waals surface area (Å²) < 4.78 is 194.